The SMILES string of the molecule is Cc1cnc([C@H]2CCCN(C(=O)c3ccnn3C)C2)s1. The van der Waals surface area contributed by atoms with Crippen LogP contribution in [-0.4, -0.2) is 38.7 Å². The van der Waals surface area contributed by atoms with Gasteiger partial charge in [-0.3, -0.25) is 9.48 Å². The van der Waals surface area contributed by atoms with Gasteiger partial charge in [-0.1, -0.05) is 0 Å². The van der Waals surface area contributed by atoms with E-state index >= 15 is 0 Å². The molecule has 0 aliphatic carbocycles. The smallest absolute Gasteiger partial charge is 0.272 e. The van der Waals surface area contributed by atoms with E-state index in [0.29, 0.717) is 11.6 Å². The first kappa shape index (κ1) is 13.3. The van der Waals surface area contributed by atoms with Crippen LogP contribution in [0.5, 0.6) is 0 Å². The zero-order chi connectivity index (χ0) is 14.1. The van der Waals surface area contributed by atoms with Crippen LogP contribution in [0.3, 0.4) is 0 Å². The largest absolute Gasteiger partial charge is 0.337 e. The Morgan fingerprint density at radius 3 is 3.00 bits per heavy atom. The minimum absolute atomic E-state index is 0.0722. The van der Waals surface area contributed by atoms with Gasteiger partial charge in [0.1, 0.15) is 5.69 Å². The highest BCUT2D eigenvalue weighted by Gasteiger charge is 2.28. The Hall–Kier alpha value is -1.69. The van der Waals surface area contributed by atoms with Crippen molar-refractivity contribution in [1.29, 1.82) is 0 Å². The number of carbonyl (C=O) groups is 1. The number of nitrogens with zero attached hydrogens (tertiary/aromatic N) is 4. The molecule has 3 rings (SSSR count). The van der Waals surface area contributed by atoms with Crippen molar-refractivity contribution in [2.75, 3.05) is 13.1 Å². The van der Waals surface area contributed by atoms with Crippen molar-refractivity contribution in [3.8, 4) is 0 Å². The molecule has 1 aliphatic rings. The van der Waals surface area contributed by atoms with E-state index in [4.69, 9.17) is 0 Å². The van der Waals surface area contributed by atoms with Gasteiger partial charge in [-0.05, 0) is 25.8 Å². The van der Waals surface area contributed by atoms with E-state index in [0.717, 1.165) is 30.9 Å². The van der Waals surface area contributed by atoms with Gasteiger partial charge in [-0.25, -0.2) is 4.98 Å². The number of piperidine rings is 1. The highest BCUT2D eigenvalue weighted by Crippen LogP contribution is 2.30. The van der Waals surface area contributed by atoms with E-state index in [1.165, 1.54) is 4.88 Å². The van der Waals surface area contributed by atoms with Crippen LogP contribution in [-0.2, 0) is 7.05 Å². The van der Waals surface area contributed by atoms with Crippen LogP contribution in [0.15, 0.2) is 18.5 Å². The van der Waals surface area contributed by atoms with Crippen LogP contribution < -0.4 is 0 Å². The van der Waals surface area contributed by atoms with E-state index in [1.54, 1.807) is 35.3 Å². The maximum Gasteiger partial charge on any atom is 0.272 e. The molecule has 3 heterocycles. The number of likely N-dealkylation sites (tertiary alicyclic amines) is 1. The minimum Gasteiger partial charge on any atom is -0.337 e. The summed E-state index contributed by atoms with van der Waals surface area (Å²) in [5, 5.41) is 5.23. The van der Waals surface area contributed by atoms with Gasteiger partial charge in [-0.2, -0.15) is 5.10 Å². The monoisotopic (exact) mass is 290 g/mol. The number of rotatable bonds is 2. The molecule has 0 bridgehead atoms. The molecule has 1 atom stereocenters. The first-order valence-electron chi connectivity index (χ1n) is 6.85. The first-order chi connectivity index (χ1) is 9.65. The van der Waals surface area contributed by atoms with Crippen molar-refractivity contribution in [1.82, 2.24) is 19.7 Å². The van der Waals surface area contributed by atoms with E-state index in [9.17, 15) is 4.79 Å². The molecule has 0 aromatic carbocycles. The minimum atomic E-state index is 0.0722. The molecule has 0 unspecified atom stereocenters. The Labute approximate surface area is 122 Å². The van der Waals surface area contributed by atoms with Crippen molar-refractivity contribution in [2.45, 2.75) is 25.7 Å². The summed E-state index contributed by atoms with van der Waals surface area (Å²) in [6.45, 7) is 3.66. The fraction of sp³-hybridized carbons (Fsp3) is 0.500. The Balaban J connectivity index is 1.75. The van der Waals surface area contributed by atoms with Crippen molar-refractivity contribution in [3.63, 3.8) is 0 Å². The number of thiazole rings is 1. The molecule has 106 valence electrons. The fourth-order valence-corrected chi connectivity index (χ4v) is 3.57. The summed E-state index contributed by atoms with van der Waals surface area (Å²) in [5.41, 5.74) is 0.654. The average molecular weight is 290 g/mol. The van der Waals surface area contributed by atoms with Gasteiger partial charge in [0, 0.05) is 43.3 Å². The molecule has 20 heavy (non-hydrogen) atoms. The summed E-state index contributed by atoms with van der Waals surface area (Å²) in [6, 6.07) is 1.78. The summed E-state index contributed by atoms with van der Waals surface area (Å²) < 4.78 is 1.64. The Kier molecular flexibility index (Phi) is 3.56. The van der Waals surface area contributed by atoms with Crippen molar-refractivity contribution in [2.24, 2.45) is 7.05 Å². The molecule has 0 radical (unpaired) electrons. The highest BCUT2D eigenvalue weighted by atomic mass is 32.1. The average Bonchev–Trinajstić information content (AvgIpc) is 3.07. The number of aryl methyl sites for hydroxylation is 2. The molecule has 1 amide bonds. The second kappa shape index (κ2) is 5.36. The van der Waals surface area contributed by atoms with E-state index in [1.807, 2.05) is 11.1 Å². The van der Waals surface area contributed by atoms with Crippen LogP contribution in [0, 0.1) is 6.92 Å². The lowest BCUT2D eigenvalue weighted by Crippen LogP contribution is -2.39. The van der Waals surface area contributed by atoms with Gasteiger partial charge in [0.05, 0.1) is 5.01 Å². The number of aromatic nitrogens is 3. The number of carbonyl (C=O) groups excluding carboxylic acids is 1. The maximum atomic E-state index is 12.5. The third-order valence-corrected chi connectivity index (χ3v) is 4.81. The van der Waals surface area contributed by atoms with E-state index in [-0.39, 0.29) is 5.91 Å². The number of hydrogen-bond acceptors (Lipinski definition) is 4. The molecule has 0 saturated carbocycles. The summed E-state index contributed by atoms with van der Waals surface area (Å²) in [4.78, 5) is 20.2. The summed E-state index contributed by atoms with van der Waals surface area (Å²) in [7, 11) is 1.80. The zero-order valence-electron chi connectivity index (χ0n) is 11.7. The lowest BCUT2D eigenvalue weighted by atomic mass is 9.98. The summed E-state index contributed by atoms with van der Waals surface area (Å²) >= 11 is 1.74. The van der Waals surface area contributed by atoms with E-state index < -0.39 is 0 Å². The fourth-order valence-electron chi connectivity index (χ4n) is 2.67. The second-order valence-electron chi connectivity index (χ2n) is 5.24. The molecule has 6 heteroatoms. The van der Waals surface area contributed by atoms with Crippen LogP contribution in [0.4, 0.5) is 0 Å². The Morgan fingerprint density at radius 2 is 2.35 bits per heavy atom. The van der Waals surface area contributed by atoms with Crippen molar-refractivity contribution < 1.29 is 4.79 Å². The molecule has 1 saturated heterocycles. The standard InChI is InChI=1S/C14H18N4OS/c1-10-8-15-13(20-10)11-4-3-7-18(9-11)14(19)12-5-6-16-17(12)2/h5-6,8,11H,3-4,7,9H2,1-2H3/t11-/m0/s1. The van der Waals surface area contributed by atoms with Gasteiger partial charge in [0.2, 0.25) is 0 Å². The lowest BCUT2D eigenvalue weighted by molar-refractivity contribution is 0.0696. The summed E-state index contributed by atoms with van der Waals surface area (Å²) in [6.07, 6.45) is 5.73. The lowest BCUT2D eigenvalue weighted by Gasteiger charge is -2.31. The molecule has 2 aromatic heterocycles. The van der Waals surface area contributed by atoms with Gasteiger partial charge < -0.3 is 4.90 Å². The Bertz CT molecular complexity index is 618. The van der Waals surface area contributed by atoms with E-state index in [2.05, 4.69) is 17.0 Å². The summed E-state index contributed by atoms with van der Waals surface area (Å²) in [5.74, 6) is 0.447. The molecular weight excluding hydrogens is 272 g/mol. The van der Waals surface area contributed by atoms with Crippen molar-refractivity contribution in [3.05, 3.63) is 34.0 Å². The molecule has 2 aromatic rings. The van der Waals surface area contributed by atoms with Gasteiger partial charge >= 0.3 is 0 Å². The van der Waals surface area contributed by atoms with Crippen LogP contribution in [0.1, 0.15) is 39.1 Å². The van der Waals surface area contributed by atoms with Crippen LogP contribution in [0.25, 0.3) is 0 Å². The van der Waals surface area contributed by atoms with Crippen LogP contribution in [0.2, 0.25) is 0 Å². The molecule has 5 nitrogen and oxygen atoms in total. The predicted octanol–water partition coefficient (Wildman–Crippen LogP) is 2.20. The number of hydrogen-bond donors (Lipinski definition) is 0. The Morgan fingerprint density at radius 1 is 1.50 bits per heavy atom. The zero-order valence-corrected chi connectivity index (χ0v) is 12.6. The second-order valence-corrected chi connectivity index (χ2v) is 6.51. The van der Waals surface area contributed by atoms with Crippen LogP contribution >= 0.6 is 11.3 Å². The number of amides is 1. The van der Waals surface area contributed by atoms with Gasteiger partial charge in [-0.15, -0.1) is 11.3 Å². The third kappa shape index (κ3) is 2.47. The molecule has 1 fully saturated rings. The molecular formula is C14H18N4OS. The van der Waals surface area contributed by atoms with Gasteiger partial charge in [0.25, 0.3) is 5.91 Å². The van der Waals surface area contributed by atoms with Gasteiger partial charge in [0.15, 0.2) is 0 Å². The highest BCUT2D eigenvalue weighted by molar-refractivity contribution is 7.11. The molecule has 1 aliphatic heterocycles. The third-order valence-electron chi connectivity index (χ3n) is 3.74. The predicted molar refractivity (Wildman–Crippen MR) is 77.9 cm³/mol. The topological polar surface area (TPSA) is 51.0 Å². The quantitative estimate of drug-likeness (QED) is 0.852. The normalized spacial score (nSPS) is 19.3. The van der Waals surface area contributed by atoms with Crippen molar-refractivity contribution >= 4 is 17.2 Å². The molecule has 0 N–H and O–H groups in total. The maximum absolute atomic E-state index is 12.5. The first-order valence-corrected chi connectivity index (χ1v) is 7.66. The molecule has 0 spiro atoms.